The first-order valence-corrected chi connectivity index (χ1v) is 8.73. The molecule has 128 valence electrons. The number of carbonyl (C=O) groups excluding carboxylic acids is 1. The van der Waals surface area contributed by atoms with Crippen LogP contribution in [0, 0.1) is 12.7 Å². The Morgan fingerprint density at radius 2 is 2.12 bits per heavy atom. The molecule has 0 radical (unpaired) electrons. The Morgan fingerprint density at radius 3 is 2.96 bits per heavy atom. The lowest BCUT2D eigenvalue weighted by Gasteiger charge is -2.23. The predicted octanol–water partition coefficient (Wildman–Crippen LogP) is 3.83. The van der Waals surface area contributed by atoms with E-state index in [1.807, 2.05) is 0 Å². The molecule has 1 amide bonds. The normalized spacial score (nSPS) is 16.6. The zero-order valence-electron chi connectivity index (χ0n) is 14.2. The minimum Gasteiger partial charge on any atom is -0.358 e. The molecule has 1 aliphatic rings. The summed E-state index contributed by atoms with van der Waals surface area (Å²) in [7, 11) is 0. The van der Waals surface area contributed by atoms with Crippen molar-refractivity contribution in [2.45, 2.75) is 38.6 Å². The van der Waals surface area contributed by atoms with Crippen LogP contribution in [0.25, 0.3) is 10.9 Å². The van der Waals surface area contributed by atoms with Crippen molar-refractivity contribution in [3.8, 4) is 0 Å². The van der Waals surface area contributed by atoms with Gasteiger partial charge in [0.05, 0.1) is 6.42 Å². The van der Waals surface area contributed by atoms with E-state index in [2.05, 4.69) is 35.4 Å². The number of H-pyrrole nitrogens is 1. The number of aryl methyl sites for hydroxylation is 2. The highest BCUT2D eigenvalue weighted by atomic mass is 19.1. The van der Waals surface area contributed by atoms with Crippen molar-refractivity contribution in [3.63, 3.8) is 0 Å². The standard InChI is InChI=1S/C21H21FN2O/c1-13-6-8-19-16(10-13)17-12-15(7-9-20(17)24-19)23-21(25)11-14-4-2-3-5-18(14)22/h2-6,8,10,15,24H,7,9,11-12H2,1H3,(H,23,25). The van der Waals surface area contributed by atoms with Crippen molar-refractivity contribution in [3.05, 3.63) is 70.7 Å². The number of hydrogen-bond donors (Lipinski definition) is 2. The molecule has 0 spiro atoms. The molecule has 1 aromatic heterocycles. The third-order valence-electron chi connectivity index (χ3n) is 5.02. The van der Waals surface area contributed by atoms with Crippen molar-refractivity contribution in [2.75, 3.05) is 0 Å². The van der Waals surface area contributed by atoms with E-state index in [-0.39, 0.29) is 24.2 Å². The average Bonchev–Trinajstić information content (AvgIpc) is 2.94. The van der Waals surface area contributed by atoms with Crippen LogP contribution in [0.2, 0.25) is 0 Å². The fraction of sp³-hybridized carbons (Fsp3) is 0.286. The van der Waals surface area contributed by atoms with E-state index in [1.165, 1.54) is 28.3 Å². The molecule has 4 rings (SSSR count). The molecular formula is C21H21FN2O. The van der Waals surface area contributed by atoms with E-state index in [0.29, 0.717) is 5.56 Å². The SMILES string of the molecule is Cc1ccc2[nH]c3c(c2c1)CC(NC(=O)Cc1ccccc1F)CC3. The highest BCUT2D eigenvalue weighted by Gasteiger charge is 2.24. The smallest absolute Gasteiger partial charge is 0.224 e. The summed E-state index contributed by atoms with van der Waals surface area (Å²) in [4.78, 5) is 15.8. The van der Waals surface area contributed by atoms with Crippen LogP contribution in [-0.2, 0) is 24.1 Å². The maximum atomic E-state index is 13.7. The lowest BCUT2D eigenvalue weighted by Crippen LogP contribution is -2.39. The molecule has 0 saturated carbocycles. The maximum absolute atomic E-state index is 13.7. The second-order valence-corrected chi connectivity index (χ2v) is 6.91. The van der Waals surface area contributed by atoms with E-state index in [0.717, 1.165) is 24.8 Å². The molecule has 0 saturated heterocycles. The van der Waals surface area contributed by atoms with Crippen molar-refractivity contribution >= 4 is 16.8 Å². The molecule has 1 aliphatic carbocycles. The number of amides is 1. The molecule has 2 N–H and O–H groups in total. The molecule has 2 aromatic carbocycles. The van der Waals surface area contributed by atoms with Crippen molar-refractivity contribution in [1.82, 2.24) is 10.3 Å². The first-order valence-electron chi connectivity index (χ1n) is 8.73. The monoisotopic (exact) mass is 336 g/mol. The van der Waals surface area contributed by atoms with E-state index in [9.17, 15) is 9.18 Å². The van der Waals surface area contributed by atoms with Gasteiger partial charge in [-0.15, -0.1) is 0 Å². The van der Waals surface area contributed by atoms with Crippen LogP contribution in [0.4, 0.5) is 4.39 Å². The Hall–Kier alpha value is -2.62. The van der Waals surface area contributed by atoms with Gasteiger partial charge in [0, 0.05) is 22.6 Å². The molecule has 0 bridgehead atoms. The summed E-state index contributed by atoms with van der Waals surface area (Å²) >= 11 is 0. The number of aromatic amines is 1. The number of hydrogen-bond acceptors (Lipinski definition) is 1. The van der Waals surface area contributed by atoms with E-state index < -0.39 is 0 Å². The van der Waals surface area contributed by atoms with Gasteiger partial charge >= 0.3 is 0 Å². The predicted molar refractivity (Wildman–Crippen MR) is 97.1 cm³/mol. The molecule has 1 atom stereocenters. The van der Waals surface area contributed by atoms with Crippen LogP contribution >= 0.6 is 0 Å². The minimum atomic E-state index is -0.323. The van der Waals surface area contributed by atoms with Crippen molar-refractivity contribution in [2.24, 2.45) is 0 Å². The Labute approximate surface area is 146 Å². The molecule has 1 unspecified atom stereocenters. The topological polar surface area (TPSA) is 44.9 Å². The molecule has 1 heterocycles. The minimum absolute atomic E-state index is 0.0863. The van der Waals surface area contributed by atoms with E-state index in [4.69, 9.17) is 0 Å². The van der Waals surface area contributed by atoms with Gasteiger partial charge in [0.1, 0.15) is 5.82 Å². The number of benzene rings is 2. The van der Waals surface area contributed by atoms with Gasteiger partial charge in [-0.05, 0) is 55.5 Å². The lowest BCUT2D eigenvalue weighted by atomic mass is 9.91. The Kier molecular flexibility index (Phi) is 4.04. The molecule has 3 nitrogen and oxygen atoms in total. The van der Waals surface area contributed by atoms with Gasteiger partial charge in [0.25, 0.3) is 0 Å². The van der Waals surface area contributed by atoms with E-state index in [1.54, 1.807) is 18.2 Å². The maximum Gasteiger partial charge on any atom is 0.224 e. The fourth-order valence-electron chi connectivity index (χ4n) is 3.75. The summed E-state index contributed by atoms with van der Waals surface area (Å²) in [5, 5.41) is 4.34. The third-order valence-corrected chi connectivity index (χ3v) is 5.02. The number of halogens is 1. The Morgan fingerprint density at radius 1 is 1.28 bits per heavy atom. The van der Waals surface area contributed by atoms with Gasteiger partial charge in [-0.3, -0.25) is 4.79 Å². The van der Waals surface area contributed by atoms with Crippen LogP contribution in [0.3, 0.4) is 0 Å². The molecule has 4 heteroatoms. The first kappa shape index (κ1) is 15.9. The van der Waals surface area contributed by atoms with Crippen molar-refractivity contribution < 1.29 is 9.18 Å². The van der Waals surface area contributed by atoms with Gasteiger partial charge < -0.3 is 10.3 Å². The van der Waals surface area contributed by atoms with Gasteiger partial charge in [0.15, 0.2) is 0 Å². The Bertz CT molecular complexity index is 944. The average molecular weight is 336 g/mol. The summed E-state index contributed by atoms with van der Waals surface area (Å²) in [6, 6.07) is 13.0. The summed E-state index contributed by atoms with van der Waals surface area (Å²) in [5.74, 6) is -0.440. The molecule has 3 aromatic rings. The Balaban J connectivity index is 1.49. The highest BCUT2D eigenvalue weighted by Crippen LogP contribution is 2.30. The molecule has 25 heavy (non-hydrogen) atoms. The van der Waals surface area contributed by atoms with Crippen LogP contribution in [0.1, 0.15) is 28.8 Å². The number of rotatable bonds is 3. The highest BCUT2D eigenvalue weighted by molar-refractivity contribution is 5.86. The lowest BCUT2D eigenvalue weighted by molar-refractivity contribution is -0.121. The summed E-state index contributed by atoms with van der Waals surface area (Å²) in [5.41, 5.74) is 5.43. The molecule has 0 fully saturated rings. The molecular weight excluding hydrogens is 315 g/mol. The third kappa shape index (κ3) is 3.16. The van der Waals surface area contributed by atoms with Crippen LogP contribution in [-0.4, -0.2) is 16.9 Å². The first-order chi connectivity index (χ1) is 12.1. The number of nitrogens with one attached hydrogen (secondary N) is 2. The number of fused-ring (bicyclic) bond motifs is 3. The van der Waals surface area contributed by atoms with Crippen LogP contribution < -0.4 is 5.32 Å². The van der Waals surface area contributed by atoms with Gasteiger partial charge in [0.2, 0.25) is 5.91 Å². The van der Waals surface area contributed by atoms with Crippen LogP contribution in [0.5, 0.6) is 0 Å². The van der Waals surface area contributed by atoms with Crippen LogP contribution in [0.15, 0.2) is 42.5 Å². The quantitative estimate of drug-likeness (QED) is 0.750. The number of aromatic nitrogens is 1. The van der Waals surface area contributed by atoms with Gasteiger partial charge in [-0.1, -0.05) is 29.8 Å². The number of carbonyl (C=O) groups is 1. The summed E-state index contributed by atoms with van der Waals surface area (Å²) in [6.07, 6.45) is 2.74. The van der Waals surface area contributed by atoms with Gasteiger partial charge in [-0.25, -0.2) is 4.39 Å². The van der Waals surface area contributed by atoms with E-state index >= 15 is 0 Å². The second kappa shape index (κ2) is 6.36. The largest absolute Gasteiger partial charge is 0.358 e. The zero-order valence-corrected chi connectivity index (χ0v) is 14.2. The summed E-state index contributed by atoms with van der Waals surface area (Å²) in [6.45, 7) is 2.09. The van der Waals surface area contributed by atoms with Gasteiger partial charge in [-0.2, -0.15) is 0 Å². The van der Waals surface area contributed by atoms with Crippen molar-refractivity contribution in [1.29, 1.82) is 0 Å². The molecule has 0 aliphatic heterocycles. The zero-order chi connectivity index (χ0) is 17.4. The fourth-order valence-corrected chi connectivity index (χ4v) is 3.75. The summed E-state index contributed by atoms with van der Waals surface area (Å²) < 4.78 is 13.7. The second-order valence-electron chi connectivity index (χ2n) is 6.91.